The normalized spacial score (nSPS) is 12.5. The molecule has 7 nitrogen and oxygen atoms in total. The smallest absolute Gasteiger partial charge is 0.244 e. The Morgan fingerprint density at radius 1 is 0.878 bits per heavy atom. The van der Waals surface area contributed by atoms with Crippen molar-refractivity contribution in [3.05, 3.63) is 98.5 Å². The van der Waals surface area contributed by atoms with Crippen molar-refractivity contribution in [1.82, 2.24) is 10.2 Å². The largest absolute Gasteiger partial charge is 0.350 e. The highest BCUT2D eigenvalue weighted by molar-refractivity contribution is 7.92. The zero-order valence-electron chi connectivity index (χ0n) is 23.6. The number of carbonyl (C=O) groups is 2. The van der Waals surface area contributed by atoms with Gasteiger partial charge in [-0.05, 0) is 68.7 Å². The van der Waals surface area contributed by atoms with Gasteiger partial charge in [-0.15, -0.1) is 0 Å². The van der Waals surface area contributed by atoms with Gasteiger partial charge in [0.15, 0.2) is 0 Å². The summed E-state index contributed by atoms with van der Waals surface area (Å²) in [5.41, 5.74) is 1.66. The molecule has 3 rings (SSSR count). The SMILES string of the molecule is Cc1c(Cl)cccc1N(CC(=O)N(Cc1ccc(Cl)c(Cl)c1)[C@H](Cc1ccccc1)C(=O)NC(C)(C)C)S(C)(=O)=O. The first-order chi connectivity index (χ1) is 19.1. The van der Waals surface area contributed by atoms with Gasteiger partial charge in [-0.2, -0.15) is 0 Å². The third kappa shape index (κ3) is 9.10. The van der Waals surface area contributed by atoms with Crippen molar-refractivity contribution in [1.29, 1.82) is 0 Å². The molecule has 0 heterocycles. The van der Waals surface area contributed by atoms with Crippen LogP contribution in [0, 0.1) is 6.92 Å². The van der Waals surface area contributed by atoms with Crippen molar-refractivity contribution in [2.75, 3.05) is 17.1 Å². The maximum Gasteiger partial charge on any atom is 0.244 e. The number of hydrogen-bond donors (Lipinski definition) is 1. The number of benzene rings is 3. The Bertz CT molecular complexity index is 1510. The Morgan fingerprint density at radius 3 is 2.12 bits per heavy atom. The van der Waals surface area contributed by atoms with Crippen LogP contribution >= 0.6 is 34.8 Å². The summed E-state index contributed by atoms with van der Waals surface area (Å²) in [6, 6.07) is 18.2. The molecule has 0 spiro atoms. The molecule has 41 heavy (non-hydrogen) atoms. The average Bonchev–Trinajstić information content (AvgIpc) is 2.87. The third-order valence-electron chi connectivity index (χ3n) is 6.29. The second-order valence-corrected chi connectivity index (χ2v) is 14.0. The van der Waals surface area contributed by atoms with E-state index in [2.05, 4.69) is 5.32 Å². The van der Waals surface area contributed by atoms with Crippen molar-refractivity contribution in [3.63, 3.8) is 0 Å². The number of nitrogens with zero attached hydrogens (tertiary/aromatic N) is 2. The summed E-state index contributed by atoms with van der Waals surface area (Å²) in [5.74, 6) is -0.953. The zero-order chi connectivity index (χ0) is 30.5. The summed E-state index contributed by atoms with van der Waals surface area (Å²) in [5, 5.41) is 3.99. The highest BCUT2D eigenvalue weighted by atomic mass is 35.5. The minimum atomic E-state index is -3.92. The number of hydrogen-bond acceptors (Lipinski definition) is 4. The lowest BCUT2D eigenvalue weighted by Gasteiger charge is -2.35. The van der Waals surface area contributed by atoms with E-state index in [0.717, 1.165) is 16.1 Å². The second-order valence-electron chi connectivity index (χ2n) is 10.9. The fraction of sp³-hybridized carbons (Fsp3) is 0.333. The molecule has 3 aromatic rings. The minimum Gasteiger partial charge on any atom is -0.350 e. The van der Waals surface area contributed by atoms with E-state index in [0.29, 0.717) is 26.2 Å². The van der Waals surface area contributed by atoms with Crippen LogP contribution in [0.1, 0.15) is 37.5 Å². The highest BCUT2D eigenvalue weighted by Gasteiger charge is 2.34. The molecule has 1 N–H and O–H groups in total. The van der Waals surface area contributed by atoms with Crippen LogP contribution in [0.25, 0.3) is 0 Å². The molecule has 0 aliphatic carbocycles. The standard InChI is InChI=1S/C30H34Cl3N3O4S/c1-20-23(31)12-9-13-26(20)36(41(5,39)40)19-28(37)35(18-22-14-15-24(32)25(33)16-22)27(29(38)34-30(2,3)4)17-21-10-7-6-8-11-21/h6-16,27H,17-19H2,1-5H3,(H,34,38)/t27-/m1/s1. The maximum atomic E-state index is 14.2. The van der Waals surface area contributed by atoms with Crippen LogP contribution in [0.4, 0.5) is 5.69 Å². The Hall–Kier alpha value is -2.78. The van der Waals surface area contributed by atoms with Gasteiger partial charge < -0.3 is 10.2 Å². The molecule has 0 saturated heterocycles. The van der Waals surface area contributed by atoms with Crippen molar-refractivity contribution < 1.29 is 18.0 Å². The lowest BCUT2D eigenvalue weighted by atomic mass is 10.0. The summed E-state index contributed by atoms with van der Waals surface area (Å²) in [6.07, 6.45) is 1.22. The molecular formula is C30H34Cl3N3O4S. The Kier molecular flexibility index (Phi) is 10.7. The number of amides is 2. The average molecular weight is 639 g/mol. The highest BCUT2D eigenvalue weighted by Crippen LogP contribution is 2.29. The van der Waals surface area contributed by atoms with E-state index >= 15 is 0 Å². The quantitative estimate of drug-likeness (QED) is 0.283. The first-order valence-corrected chi connectivity index (χ1v) is 15.9. The van der Waals surface area contributed by atoms with E-state index < -0.39 is 34.1 Å². The van der Waals surface area contributed by atoms with Gasteiger partial charge >= 0.3 is 0 Å². The van der Waals surface area contributed by atoms with Gasteiger partial charge in [0.1, 0.15) is 12.6 Å². The molecule has 0 radical (unpaired) electrons. The number of nitrogens with one attached hydrogen (secondary N) is 1. The van der Waals surface area contributed by atoms with Crippen LogP contribution in [0.2, 0.25) is 15.1 Å². The summed E-state index contributed by atoms with van der Waals surface area (Å²) < 4.78 is 27.0. The molecule has 3 aromatic carbocycles. The molecule has 0 bridgehead atoms. The molecule has 0 aromatic heterocycles. The summed E-state index contributed by atoms with van der Waals surface area (Å²) in [4.78, 5) is 29.3. The van der Waals surface area contributed by atoms with E-state index in [-0.39, 0.29) is 24.6 Å². The summed E-state index contributed by atoms with van der Waals surface area (Å²) in [7, 11) is -3.92. The maximum absolute atomic E-state index is 14.2. The van der Waals surface area contributed by atoms with Crippen LogP contribution in [0.5, 0.6) is 0 Å². The van der Waals surface area contributed by atoms with Crippen molar-refractivity contribution in [3.8, 4) is 0 Å². The second kappa shape index (κ2) is 13.5. The molecule has 11 heteroatoms. The van der Waals surface area contributed by atoms with E-state index in [9.17, 15) is 18.0 Å². The number of halogens is 3. The van der Waals surface area contributed by atoms with Gasteiger partial charge in [0, 0.05) is 23.5 Å². The molecule has 220 valence electrons. The molecule has 2 amide bonds. The predicted molar refractivity (Wildman–Crippen MR) is 167 cm³/mol. The van der Waals surface area contributed by atoms with Gasteiger partial charge in [-0.3, -0.25) is 13.9 Å². The molecule has 0 aliphatic heterocycles. The van der Waals surface area contributed by atoms with E-state index in [1.165, 1.54) is 4.90 Å². The third-order valence-corrected chi connectivity index (χ3v) is 8.57. The lowest BCUT2D eigenvalue weighted by Crippen LogP contribution is -2.56. The first-order valence-electron chi connectivity index (χ1n) is 12.9. The minimum absolute atomic E-state index is 0.0169. The fourth-order valence-electron chi connectivity index (χ4n) is 4.30. The van der Waals surface area contributed by atoms with Gasteiger partial charge in [-0.25, -0.2) is 8.42 Å². The van der Waals surface area contributed by atoms with E-state index in [4.69, 9.17) is 34.8 Å². The molecule has 0 unspecified atom stereocenters. The molecule has 0 saturated carbocycles. The topological polar surface area (TPSA) is 86.8 Å². The van der Waals surface area contributed by atoms with E-state index in [1.54, 1.807) is 43.3 Å². The number of carbonyl (C=O) groups excluding carboxylic acids is 2. The number of anilines is 1. The van der Waals surface area contributed by atoms with Crippen molar-refractivity contribution >= 4 is 62.3 Å². The number of rotatable bonds is 10. The van der Waals surface area contributed by atoms with Gasteiger partial charge in [0.05, 0.1) is 22.0 Å². The van der Waals surface area contributed by atoms with Crippen LogP contribution in [-0.2, 0) is 32.6 Å². The monoisotopic (exact) mass is 637 g/mol. The van der Waals surface area contributed by atoms with Crippen LogP contribution < -0.4 is 9.62 Å². The van der Waals surface area contributed by atoms with Crippen molar-refractivity contribution in [2.24, 2.45) is 0 Å². The molecule has 0 fully saturated rings. The molecule has 0 aliphatic rings. The van der Waals surface area contributed by atoms with E-state index in [1.807, 2.05) is 51.1 Å². The zero-order valence-corrected chi connectivity index (χ0v) is 26.7. The predicted octanol–water partition coefficient (Wildman–Crippen LogP) is 6.28. The van der Waals surface area contributed by atoms with Gasteiger partial charge in [0.2, 0.25) is 21.8 Å². The fourth-order valence-corrected chi connectivity index (χ4v) is 5.69. The van der Waals surface area contributed by atoms with Crippen LogP contribution in [0.15, 0.2) is 66.7 Å². The molecule has 1 atom stereocenters. The van der Waals surface area contributed by atoms with Gasteiger partial charge in [0.25, 0.3) is 0 Å². The van der Waals surface area contributed by atoms with Crippen LogP contribution in [0.3, 0.4) is 0 Å². The summed E-state index contributed by atoms with van der Waals surface area (Å²) >= 11 is 18.7. The first kappa shape index (κ1) is 32.7. The molecular weight excluding hydrogens is 605 g/mol. The Balaban J connectivity index is 2.12. The lowest BCUT2D eigenvalue weighted by molar-refractivity contribution is -0.140. The summed E-state index contributed by atoms with van der Waals surface area (Å²) in [6.45, 7) is 6.67. The van der Waals surface area contributed by atoms with Crippen molar-refractivity contribution in [2.45, 2.75) is 52.2 Å². The van der Waals surface area contributed by atoms with Crippen LogP contribution in [-0.4, -0.2) is 49.5 Å². The Morgan fingerprint density at radius 2 is 1.54 bits per heavy atom. The number of sulfonamides is 1. The Labute approximate surface area is 257 Å². The van der Waals surface area contributed by atoms with Gasteiger partial charge in [-0.1, -0.05) is 77.3 Å².